The average Bonchev–Trinajstić information content (AvgIpc) is 3.12. The van der Waals surface area contributed by atoms with E-state index in [1.807, 2.05) is 25.1 Å². The molecule has 0 unspecified atom stereocenters. The van der Waals surface area contributed by atoms with Gasteiger partial charge in [0.1, 0.15) is 12.4 Å². The van der Waals surface area contributed by atoms with Gasteiger partial charge in [-0.15, -0.1) is 0 Å². The molecule has 2 saturated heterocycles. The van der Waals surface area contributed by atoms with Crippen molar-refractivity contribution in [3.05, 3.63) is 58.1 Å². The second-order valence-corrected chi connectivity index (χ2v) is 18.8. The lowest BCUT2D eigenvalue weighted by Gasteiger charge is -2.49. The highest BCUT2D eigenvalue weighted by Crippen LogP contribution is 2.45. The van der Waals surface area contributed by atoms with Crippen molar-refractivity contribution in [1.82, 2.24) is 19.4 Å². The number of fused-ring (bicyclic) bond motifs is 4. The highest BCUT2D eigenvalue weighted by Gasteiger charge is 2.40. The summed E-state index contributed by atoms with van der Waals surface area (Å²) in [4.78, 5) is 24.0. The molecule has 1 aliphatic carbocycles. The Morgan fingerprint density at radius 1 is 0.882 bits per heavy atom. The minimum absolute atomic E-state index is 0.0589. The molecule has 51 heavy (non-hydrogen) atoms. The Balaban J connectivity index is 1.19. The van der Waals surface area contributed by atoms with Crippen molar-refractivity contribution >= 4 is 33.2 Å². The summed E-state index contributed by atoms with van der Waals surface area (Å²) in [6, 6.07) is 12.1. The van der Waals surface area contributed by atoms with E-state index in [9.17, 15) is 13.2 Å². The van der Waals surface area contributed by atoms with Crippen molar-refractivity contribution in [2.75, 3.05) is 70.9 Å². The van der Waals surface area contributed by atoms with Crippen molar-refractivity contribution in [1.29, 1.82) is 0 Å². The van der Waals surface area contributed by atoms with Gasteiger partial charge in [-0.2, -0.15) is 0 Å². The Morgan fingerprint density at radius 3 is 2.55 bits per heavy atom. The zero-order valence-corrected chi connectivity index (χ0v) is 32.4. The number of sulfonamides is 1. The third kappa shape index (κ3) is 8.56. The first-order valence-electron chi connectivity index (χ1n) is 19.5. The number of hydrogen-bond acceptors (Lipinski definition) is 8. The normalized spacial score (nSPS) is 31.5. The molecule has 1 amide bonds. The number of anilines is 1. The van der Waals surface area contributed by atoms with Crippen LogP contribution in [-0.2, 0) is 23.1 Å². The van der Waals surface area contributed by atoms with Crippen LogP contribution in [-0.4, -0.2) is 106 Å². The van der Waals surface area contributed by atoms with Crippen LogP contribution < -0.4 is 14.4 Å². The van der Waals surface area contributed by atoms with Crippen molar-refractivity contribution in [2.45, 2.75) is 83.1 Å². The van der Waals surface area contributed by atoms with Gasteiger partial charge in [-0.1, -0.05) is 31.0 Å². The summed E-state index contributed by atoms with van der Waals surface area (Å²) in [6.07, 6.45) is 8.35. The quantitative estimate of drug-likeness (QED) is 0.408. The Morgan fingerprint density at radius 2 is 1.73 bits per heavy atom. The smallest absolute Gasteiger partial charge is 0.264 e. The number of hydrogen-bond donors (Lipinski definition) is 1. The minimum Gasteiger partial charge on any atom is -0.487 e. The molecular weight excluding hydrogens is 682 g/mol. The standard InChI is InChI=1S/C40H58ClN5O4S/c1-28-7-6-9-32(23-44-18-20-45-19-17-43(3)25-36(45)26-44)37-14-11-33(37)24-46-16-5-4-8-30-21-35(41)13-10-34(30)27-50-39-15-12-31(22-38(39)46)40(47)42-51(48,49)29(28)2/h10,12-13,15,21-22,28-29,32-33,36-37H,4-9,11,14,16-20,23-27H2,1-3H3,(H,42,47)/t28-,29+,32+,33-,36+,37-/m0/s1. The highest BCUT2D eigenvalue weighted by molar-refractivity contribution is 7.90. The monoisotopic (exact) mass is 739 g/mol. The Labute approximate surface area is 311 Å². The van der Waals surface area contributed by atoms with Gasteiger partial charge < -0.3 is 19.4 Å². The molecule has 3 fully saturated rings. The zero-order valence-electron chi connectivity index (χ0n) is 30.9. The first kappa shape index (κ1) is 37.0. The van der Waals surface area contributed by atoms with Crippen LogP contribution in [0.15, 0.2) is 36.4 Å². The maximum Gasteiger partial charge on any atom is 0.264 e. The maximum absolute atomic E-state index is 13.6. The van der Waals surface area contributed by atoms with E-state index in [0.717, 1.165) is 113 Å². The van der Waals surface area contributed by atoms with Crippen LogP contribution in [0.5, 0.6) is 5.75 Å². The summed E-state index contributed by atoms with van der Waals surface area (Å²) in [6.45, 7) is 14.0. The molecule has 0 spiro atoms. The van der Waals surface area contributed by atoms with Gasteiger partial charge >= 0.3 is 0 Å². The molecule has 4 aliphatic heterocycles. The molecule has 6 atom stereocenters. The zero-order chi connectivity index (χ0) is 35.7. The van der Waals surface area contributed by atoms with Crippen LogP contribution in [0.25, 0.3) is 0 Å². The summed E-state index contributed by atoms with van der Waals surface area (Å²) in [5.74, 6) is 1.85. The van der Waals surface area contributed by atoms with Crippen LogP contribution in [0.3, 0.4) is 0 Å². The van der Waals surface area contributed by atoms with Gasteiger partial charge in [0.05, 0.1) is 10.9 Å². The number of aryl methyl sites for hydroxylation is 1. The lowest BCUT2D eigenvalue weighted by atomic mass is 9.65. The molecule has 0 radical (unpaired) electrons. The lowest BCUT2D eigenvalue weighted by Crippen LogP contribution is -2.62. The second-order valence-electron chi connectivity index (χ2n) is 16.3. The number of halogens is 1. The van der Waals surface area contributed by atoms with Crippen LogP contribution >= 0.6 is 11.6 Å². The van der Waals surface area contributed by atoms with E-state index in [2.05, 4.69) is 43.5 Å². The van der Waals surface area contributed by atoms with Gasteiger partial charge in [-0.3, -0.25) is 9.69 Å². The molecule has 2 aromatic carbocycles. The summed E-state index contributed by atoms with van der Waals surface area (Å²) in [7, 11) is -1.62. The molecule has 280 valence electrons. The largest absolute Gasteiger partial charge is 0.487 e. The van der Waals surface area contributed by atoms with Gasteiger partial charge in [0.15, 0.2) is 0 Å². The number of carbonyl (C=O) groups is 1. The summed E-state index contributed by atoms with van der Waals surface area (Å²) in [5, 5.41) is 0.0665. The number of ether oxygens (including phenoxy) is 1. The first-order chi connectivity index (χ1) is 24.5. The number of amides is 1. The van der Waals surface area contributed by atoms with Crippen molar-refractivity contribution in [3.63, 3.8) is 0 Å². The Kier molecular flexibility index (Phi) is 11.5. The molecule has 11 heteroatoms. The predicted octanol–water partition coefficient (Wildman–Crippen LogP) is 5.90. The molecule has 9 nitrogen and oxygen atoms in total. The van der Waals surface area contributed by atoms with Gasteiger partial charge in [0.25, 0.3) is 5.91 Å². The minimum atomic E-state index is -3.87. The number of carbonyl (C=O) groups excluding carboxylic acids is 1. The number of benzene rings is 2. The fourth-order valence-electron chi connectivity index (χ4n) is 9.44. The van der Waals surface area contributed by atoms with Crippen LogP contribution in [0, 0.1) is 23.7 Å². The molecule has 5 aliphatic rings. The van der Waals surface area contributed by atoms with E-state index in [1.54, 1.807) is 13.0 Å². The van der Waals surface area contributed by atoms with Gasteiger partial charge in [0, 0.05) is 75.5 Å². The van der Waals surface area contributed by atoms with E-state index in [0.29, 0.717) is 36.0 Å². The van der Waals surface area contributed by atoms with E-state index < -0.39 is 21.2 Å². The highest BCUT2D eigenvalue weighted by atomic mass is 35.5. The molecule has 2 bridgehead atoms. The molecule has 0 aromatic heterocycles. The third-order valence-electron chi connectivity index (χ3n) is 13.0. The van der Waals surface area contributed by atoms with Crippen molar-refractivity contribution in [3.8, 4) is 5.75 Å². The molecular formula is C40H58ClN5O4S. The molecule has 2 aromatic rings. The number of piperazine rings is 2. The van der Waals surface area contributed by atoms with E-state index in [4.69, 9.17) is 16.3 Å². The number of likely N-dealkylation sites (N-methyl/N-ethyl adjacent to an activating group) is 1. The molecule has 1 saturated carbocycles. The van der Waals surface area contributed by atoms with Gasteiger partial charge in [-0.25, -0.2) is 13.1 Å². The van der Waals surface area contributed by atoms with E-state index in [1.165, 1.54) is 24.9 Å². The maximum atomic E-state index is 13.6. The average molecular weight is 740 g/mol. The lowest BCUT2D eigenvalue weighted by molar-refractivity contribution is -0.000865. The Bertz CT molecular complexity index is 1660. The van der Waals surface area contributed by atoms with Crippen molar-refractivity contribution in [2.24, 2.45) is 23.7 Å². The fraction of sp³-hybridized carbons (Fsp3) is 0.675. The Hall–Kier alpha value is -2.37. The predicted molar refractivity (Wildman–Crippen MR) is 205 cm³/mol. The number of nitrogens with one attached hydrogen (secondary N) is 1. The third-order valence-corrected chi connectivity index (χ3v) is 15.2. The van der Waals surface area contributed by atoms with Crippen LogP contribution in [0.1, 0.15) is 80.3 Å². The number of rotatable bonds is 2. The van der Waals surface area contributed by atoms with E-state index in [-0.39, 0.29) is 5.92 Å². The number of nitrogens with zero attached hydrogens (tertiary/aromatic N) is 4. The summed E-state index contributed by atoms with van der Waals surface area (Å²) in [5.41, 5.74) is 3.56. The topological polar surface area (TPSA) is 85.4 Å². The van der Waals surface area contributed by atoms with Crippen LogP contribution in [0.2, 0.25) is 5.02 Å². The van der Waals surface area contributed by atoms with Gasteiger partial charge in [0.2, 0.25) is 10.0 Å². The SMILES string of the molecule is C[C@@H]1[C@@H](C)CCC[C@H](CN2CCN3CCN(C)C[C@@H]3C2)[C@@H]2CC[C@H]2CN2CCCCc3cc(Cl)ccc3COc3ccc(cc32)C(=O)NS1(=O)=O. The summed E-state index contributed by atoms with van der Waals surface area (Å²) < 4.78 is 36.1. The summed E-state index contributed by atoms with van der Waals surface area (Å²) >= 11 is 6.41. The second kappa shape index (κ2) is 15.9. The molecule has 4 heterocycles. The molecule has 7 rings (SSSR count). The van der Waals surface area contributed by atoms with Crippen molar-refractivity contribution < 1.29 is 17.9 Å². The molecule has 1 N–H and O–H groups in total. The van der Waals surface area contributed by atoms with E-state index >= 15 is 0 Å². The van der Waals surface area contributed by atoms with Gasteiger partial charge in [-0.05, 0) is 124 Å². The fourth-order valence-corrected chi connectivity index (χ4v) is 10.9. The first-order valence-corrected chi connectivity index (χ1v) is 21.5. The van der Waals surface area contributed by atoms with Crippen LogP contribution in [0.4, 0.5) is 5.69 Å².